The van der Waals surface area contributed by atoms with Gasteiger partial charge in [-0.05, 0) is 6.42 Å². The Morgan fingerprint density at radius 3 is 2.58 bits per heavy atom. The van der Waals surface area contributed by atoms with Gasteiger partial charge >= 0.3 is 17.6 Å². The summed E-state index contributed by atoms with van der Waals surface area (Å²) < 4.78 is 10.5. The predicted octanol–water partition coefficient (Wildman–Crippen LogP) is 1.84. The van der Waals surface area contributed by atoms with Crippen molar-refractivity contribution < 1.29 is 14.1 Å². The van der Waals surface area contributed by atoms with Gasteiger partial charge in [-0.15, -0.1) is 0 Å². The molecule has 1 atom stereocenters. The van der Waals surface area contributed by atoms with E-state index in [1.54, 1.807) is 0 Å². The number of carboxylic acids is 1. The third-order valence-electron chi connectivity index (χ3n) is 1.66. The van der Waals surface area contributed by atoms with E-state index in [1.165, 1.54) is 0 Å². The van der Waals surface area contributed by atoms with Crippen LogP contribution in [0.2, 0.25) is 0 Å². The highest BCUT2D eigenvalue weighted by Crippen LogP contribution is 2.08. The lowest BCUT2D eigenvalue weighted by molar-refractivity contribution is -0.137. The van der Waals surface area contributed by atoms with Crippen molar-refractivity contribution in [1.29, 1.82) is 0 Å². The molecule has 0 spiro atoms. The van der Waals surface area contributed by atoms with Crippen molar-refractivity contribution in [2.75, 3.05) is 0 Å². The quantitative estimate of drug-likeness (QED) is 0.625. The van der Waals surface area contributed by atoms with Gasteiger partial charge < -0.3 is 5.11 Å². The minimum absolute atomic E-state index is 0.106. The maximum Gasteiger partial charge on any atom is 0.462 e. The number of carbonyl (C=O) groups is 1. The molecule has 0 aliphatic heterocycles. The molecular weight excluding hydrogens is 176 g/mol. The Bertz CT molecular complexity index is 147. The third kappa shape index (κ3) is 6.22. The molecule has 0 aliphatic carbocycles. The topological polar surface area (TPSA) is 54.4 Å². The first-order chi connectivity index (χ1) is 5.70. The Hall–Kier alpha value is -0.510. The second-order valence-corrected chi connectivity index (χ2v) is 3.65. The van der Waals surface area contributed by atoms with Gasteiger partial charge in [-0.2, -0.15) is 0 Å². The summed E-state index contributed by atoms with van der Waals surface area (Å²) in [6, 6.07) is 0. The molecule has 3 nitrogen and oxygen atoms in total. The molecule has 0 heterocycles. The highest BCUT2D eigenvalue weighted by atomic mass is 32.1. The van der Waals surface area contributed by atoms with Gasteiger partial charge in [0.05, 0.1) is 0 Å². The van der Waals surface area contributed by atoms with E-state index in [9.17, 15) is 9.00 Å². The van der Waals surface area contributed by atoms with Gasteiger partial charge in [-0.25, -0.2) is 0 Å². The molecule has 12 heavy (non-hydrogen) atoms. The average molecular weight is 191 g/mol. The second-order valence-electron chi connectivity index (χ2n) is 2.79. The highest BCUT2D eigenvalue weighted by Gasteiger charge is 2.19. The van der Waals surface area contributed by atoms with Crippen molar-refractivity contribution >= 4 is 17.6 Å². The van der Waals surface area contributed by atoms with Crippen LogP contribution in [0.3, 0.4) is 0 Å². The lowest BCUT2D eigenvalue weighted by Gasteiger charge is -1.96. The molecule has 0 amide bonds. The first kappa shape index (κ1) is 11.5. The van der Waals surface area contributed by atoms with Gasteiger partial charge in [0.2, 0.25) is 5.25 Å². The SMILES string of the molecule is CCCC(CCCC(=O)O)[S+]=O. The van der Waals surface area contributed by atoms with Crippen LogP contribution in [0.15, 0.2) is 0 Å². The summed E-state index contributed by atoms with van der Waals surface area (Å²) in [5.74, 6) is -0.777. The van der Waals surface area contributed by atoms with E-state index >= 15 is 0 Å². The summed E-state index contributed by atoms with van der Waals surface area (Å²) >= 11 is 0.603. The van der Waals surface area contributed by atoms with Crippen LogP contribution in [-0.4, -0.2) is 16.3 Å². The van der Waals surface area contributed by atoms with Gasteiger partial charge in [-0.3, -0.25) is 4.79 Å². The summed E-state index contributed by atoms with van der Waals surface area (Å²) in [6.45, 7) is 2.03. The smallest absolute Gasteiger partial charge is 0.462 e. The molecule has 0 aromatic rings. The molecule has 0 aromatic heterocycles. The van der Waals surface area contributed by atoms with Gasteiger partial charge in [0.1, 0.15) is 0 Å². The monoisotopic (exact) mass is 191 g/mol. The number of aliphatic carboxylic acids is 1. The fourth-order valence-electron chi connectivity index (χ4n) is 1.04. The number of hydrogen-bond acceptors (Lipinski definition) is 2. The molecule has 70 valence electrons. The van der Waals surface area contributed by atoms with Crippen molar-refractivity contribution in [2.45, 2.75) is 44.3 Å². The van der Waals surface area contributed by atoms with Crippen LogP contribution < -0.4 is 0 Å². The minimum atomic E-state index is -0.777. The number of rotatable bonds is 7. The Morgan fingerprint density at radius 1 is 1.50 bits per heavy atom. The molecule has 0 aromatic carbocycles. The van der Waals surface area contributed by atoms with Crippen LogP contribution in [0.5, 0.6) is 0 Å². The van der Waals surface area contributed by atoms with Gasteiger partial charge in [0, 0.05) is 23.5 Å². The van der Waals surface area contributed by atoms with E-state index in [4.69, 9.17) is 5.11 Å². The fraction of sp³-hybridized carbons (Fsp3) is 0.875. The zero-order valence-corrected chi connectivity index (χ0v) is 8.10. The van der Waals surface area contributed by atoms with E-state index in [0.29, 0.717) is 18.1 Å². The number of hydrogen-bond donors (Lipinski definition) is 1. The molecule has 4 heteroatoms. The number of carboxylic acid groups (broad SMARTS) is 1. The molecule has 0 radical (unpaired) electrons. The summed E-state index contributed by atoms with van der Waals surface area (Å²) in [7, 11) is 0. The Labute approximate surface area is 76.7 Å². The van der Waals surface area contributed by atoms with Crippen LogP contribution in [0, 0.1) is 0 Å². The molecule has 0 rings (SSSR count). The molecule has 0 saturated heterocycles. The minimum Gasteiger partial charge on any atom is -0.481 e. The highest BCUT2D eigenvalue weighted by molar-refractivity contribution is 7.66. The molecule has 0 fully saturated rings. The van der Waals surface area contributed by atoms with Gasteiger partial charge in [-0.1, -0.05) is 13.3 Å². The standard InChI is InChI=1S/C8H14O3S/c1-2-4-7(12-11)5-3-6-8(9)10/h7H,2-6H2,1H3/p+1. The van der Waals surface area contributed by atoms with Crippen molar-refractivity contribution in [1.82, 2.24) is 0 Å². The largest absolute Gasteiger partial charge is 0.481 e. The maximum atomic E-state index is 10.5. The first-order valence-electron chi connectivity index (χ1n) is 4.21. The normalized spacial score (nSPS) is 12.4. The first-order valence-corrected chi connectivity index (χ1v) is 5.01. The van der Waals surface area contributed by atoms with Crippen molar-refractivity contribution in [3.05, 3.63) is 0 Å². The zero-order valence-electron chi connectivity index (χ0n) is 7.28. The Kier molecular flexibility index (Phi) is 6.85. The summed E-state index contributed by atoms with van der Waals surface area (Å²) in [4.78, 5) is 10.1. The van der Waals surface area contributed by atoms with Crippen LogP contribution >= 0.6 is 0 Å². The van der Waals surface area contributed by atoms with Crippen LogP contribution in [0.1, 0.15) is 39.0 Å². The summed E-state index contributed by atoms with van der Waals surface area (Å²) in [5, 5.41) is 8.45. The van der Waals surface area contributed by atoms with E-state index in [2.05, 4.69) is 0 Å². The fourth-order valence-corrected chi connectivity index (χ4v) is 1.64. The second kappa shape index (κ2) is 7.16. The van der Waals surface area contributed by atoms with Gasteiger partial charge in [0.15, 0.2) is 0 Å². The molecule has 0 aliphatic rings. The van der Waals surface area contributed by atoms with Crippen LogP contribution in [0.4, 0.5) is 0 Å². The average Bonchev–Trinajstić information content (AvgIpc) is 2.02. The maximum absolute atomic E-state index is 10.5. The van der Waals surface area contributed by atoms with E-state index < -0.39 is 5.97 Å². The van der Waals surface area contributed by atoms with Crippen LogP contribution in [0.25, 0.3) is 0 Å². The molecular formula is C8H15O3S+. The Morgan fingerprint density at radius 2 is 2.17 bits per heavy atom. The van der Waals surface area contributed by atoms with E-state index in [-0.39, 0.29) is 11.7 Å². The molecule has 0 bridgehead atoms. The van der Waals surface area contributed by atoms with Gasteiger partial charge in [0.25, 0.3) is 0 Å². The predicted molar refractivity (Wildman–Crippen MR) is 48.2 cm³/mol. The van der Waals surface area contributed by atoms with Crippen molar-refractivity contribution in [3.63, 3.8) is 0 Å². The molecule has 1 unspecified atom stereocenters. The molecule has 1 N–H and O–H groups in total. The van der Waals surface area contributed by atoms with Crippen molar-refractivity contribution in [3.8, 4) is 0 Å². The lowest BCUT2D eigenvalue weighted by atomic mass is 10.1. The summed E-state index contributed by atoms with van der Waals surface area (Å²) in [5.41, 5.74) is 0. The Balaban J connectivity index is 3.44. The van der Waals surface area contributed by atoms with Crippen molar-refractivity contribution in [2.24, 2.45) is 0 Å². The summed E-state index contributed by atoms with van der Waals surface area (Å²) in [6.07, 6.45) is 3.42. The lowest BCUT2D eigenvalue weighted by Crippen LogP contribution is -2.06. The van der Waals surface area contributed by atoms with E-state index in [0.717, 1.165) is 19.3 Å². The van der Waals surface area contributed by atoms with Crippen LogP contribution in [-0.2, 0) is 20.7 Å². The zero-order chi connectivity index (χ0) is 9.40. The third-order valence-corrected chi connectivity index (χ3v) is 2.41. The molecule has 0 saturated carbocycles. The van der Waals surface area contributed by atoms with E-state index in [1.807, 2.05) is 6.92 Å².